The fourth-order valence-corrected chi connectivity index (χ4v) is 2.14. The smallest absolute Gasteiger partial charge is 0.306 e. The number of carbonyl (C=O) groups is 2. The molecule has 0 aromatic rings. The standard InChI is InChI=1S/C10H17NO5/c1-11(2)5-7(3-9(12)13)16-8(6-11)4-10(14)15/h7-8H,3-6H2,1-2H3,(H-,12,13,14,15)/t7-,8+. The Morgan fingerprint density at radius 3 is 2.25 bits per heavy atom. The second-order valence-electron chi connectivity index (χ2n) is 4.85. The average Bonchev–Trinajstić information content (AvgIpc) is 1.95. The van der Waals surface area contributed by atoms with Crippen LogP contribution in [0.15, 0.2) is 0 Å². The van der Waals surface area contributed by atoms with Gasteiger partial charge in [-0.2, -0.15) is 0 Å². The van der Waals surface area contributed by atoms with Gasteiger partial charge in [0.15, 0.2) is 0 Å². The molecule has 6 heteroatoms. The Morgan fingerprint density at radius 1 is 1.31 bits per heavy atom. The van der Waals surface area contributed by atoms with E-state index < -0.39 is 24.1 Å². The molecule has 1 aliphatic rings. The van der Waals surface area contributed by atoms with Gasteiger partial charge in [-0.1, -0.05) is 0 Å². The van der Waals surface area contributed by atoms with Crippen molar-refractivity contribution >= 4 is 11.9 Å². The Labute approximate surface area is 94.0 Å². The van der Waals surface area contributed by atoms with E-state index in [1.807, 2.05) is 14.1 Å². The van der Waals surface area contributed by atoms with Gasteiger partial charge >= 0.3 is 5.97 Å². The molecule has 1 saturated heterocycles. The van der Waals surface area contributed by atoms with Crippen LogP contribution in [0, 0.1) is 0 Å². The summed E-state index contributed by atoms with van der Waals surface area (Å²) in [7, 11) is 3.86. The number of ether oxygens (including phenoxy) is 1. The number of morpholine rings is 1. The predicted molar refractivity (Wildman–Crippen MR) is 52.4 cm³/mol. The van der Waals surface area contributed by atoms with Gasteiger partial charge in [-0.3, -0.25) is 4.79 Å². The summed E-state index contributed by atoms with van der Waals surface area (Å²) in [5.74, 6) is -2.10. The first-order valence-corrected chi connectivity index (χ1v) is 5.17. The maximum atomic E-state index is 10.6. The van der Waals surface area contributed by atoms with Gasteiger partial charge < -0.3 is 24.2 Å². The normalized spacial score (nSPS) is 28.6. The van der Waals surface area contributed by atoms with E-state index in [2.05, 4.69) is 0 Å². The van der Waals surface area contributed by atoms with Gasteiger partial charge in [-0.05, 0) is 0 Å². The van der Waals surface area contributed by atoms with Crippen molar-refractivity contribution in [2.75, 3.05) is 27.2 Å². The number of aliphatic carboxylic acids is 2. The summed E-state index contributed by atoms with van der Waals surface area (Å²) in [6, 6.07) is 0. The highest BCUT2D eigenvalue weighted by Crippen LogP contribution is 2.19. The topological polar surface area (TPSA) is 86.7 Å². The summed E-state index contributed by atoms with van der Waals surface area (Å²) in [5, 5.41) is 19.2. The molecule has 2 atom stereocenters. The lowest BCUT2D eigenvalue weighted by Crippen LogP contribution is -2.57. The highest BCUT2D eigenvalue weighted by molar-refractivity contribution is 5.67. The lowest BCUT2D eigenvalue weighted by molar-refractivity contribution is -0.905. The Morgan fingerprint density at radius 2 is 1.81 bits per heavy atom. The Kier molecular flexibility index (Phi) is 3.88. The third kappa shape index (κ3) is 4.16. The highest BCUT2D eigenvalue weighted by Gasteiger charge is 2.35. The molecule has 0 aliphatic carbocycles. The van der Waals surface area contributed by atoms with Gasteiger partial charge in [0.25, 0.3) is 0 Å². The Bertz CT molecular complexity index is 263. The monoisotopic (exact) mass is 231 g/mol. The van der Waals surface area contributed by atoms with Gasteiger partial charge in [0.05, 0.1) is 20.5 Å². The molecule has 1 rings (SSSR count). The van der Waals surface area contributed by atoms with Crippen molar-refractivity contribution < 1.29 is 29.0 Å². The Balaban J connectivity index is 2.61. The molecule has 0 saturated carbocycles. The number of carbonyl (C=O) groups excluding carboxylic acids is 1. The third-order valence-corrected chi connectivity index (χ3v) is 2.58. The van der Waals surface area contributed by atoms with E-state index >= 15 is 0 Å². The Hall–Kier alpha value is -1.14. The second-order valence-corrected chi connectivity index (χ2v) is 4.85. The summed E-state index contributed by atoms with van der Waals surface area (Å²) >= 11 is 0. The SMILES string of the molecule is C[N+]1(C)C[C@@H](CC(=O)[O-])O[C@@H](CC(=O)O)C1. The molecular weight excluding hydrogens is 214 g/mol. The fourth-order valence-electron chi connectivity index (χ4n) is 2.14. The van der Waals surface area contributed by atoms with Crippen LogP contribution in [0.4, 0.5) is 0 Å². The van der Waals surface area contributed by atoms with Crippen LogP contribution >= 0.6 is 0 Å². The summed E-state index contributed by atoms with van der Waals surface area (Å²) in [6.45, 7) is 1.14. The first-order chi connectivity index (χ1) is 7.28. The van der Waals surface area contributed by atoms with Crippen molar-refractivity contribution in [1.82, 2.24) is 0 Å². The molecule has 0 bridgehead atoms. The first kappa shape index (κ1) is 12.9. The van der Waals surface area contributed by atoms with Crippen LogP contribution in [0.5, 0.6) is 0 Å². The molecule has 16 heavy (non-hydrogen) atoms. The molecule has 0 radical (unpaired) electrons. The molecule has 1 aliphatic heterocycles. The molecule has 0 spiro atoms. The van der Waals surface area contributed by atoms with Gasteiger partial charge in [-0.15, -0.1) is 0 Å². The summed E-state index contributed by atoms with van der Waals surface area (Å²) in [5.41, 5.74) is 0. The van der Waals surface area contributed by atoms with Crippen LogP contribution in [0.25, 0.3) is 0 Å². The zero-order chi connectivity index (χ0) is 12.3. The van der Waals surface area contributed by atoms with E-state index in [9.17, 15) is 14.7 Å². The van der Waals surface area contributed by atoms with Gasteiger partial charge in [0, 0.05) is 12.4 Å². The minimum absolute atomic E-state index is 0.0920. The molecule has 0 unspecified atom stereocenters. The predicted octanol–water partition coefficient (Wildman–Crippen LogP) is -1.56. The van der Waals surface area contributed by atoms with Crippen molar-refractivity contribution in [1.29, 1.82) is 0 Å². The van der Waals surface area contributed by atoms with Crippen LogP contribution in [-0.2, 0) is 14.3 Å². The molecule has 0 amide bonds. The van der Waals surface area contributed by atoms with E-state index in [4.69, 9.17) is 9.84 Å². The van der Waals surface area contributed by atoms with Gasteiger partial charge in [0.1, 0.15) is 25.3 Å². The number of likely N-dealkylation sites (N-methyl/N-ethyl adjacent to an activating group) is 1. The van der Waals surface area contributed by atoms with Crippen LogP contribution in [0.2, 0.25) is 0 Å². The number of hydrogen-bond acceptors (Lipinski definition) is 4. The quantitative estimate of drug-likeness (QED) is 0.592. The largest absolute Gasteiger partial charge is 0.550 e. The number of hydrogen-bond donors (Lipinski definition) is 1. The molecule has 0 aromatic carbocycles. The third-order valence-electron chi connectivity index (χ3n) is 2.58. The van der Waals surface area contributed by atoms with Crippen LogP contribution in [0.3, 0.4) is 0 Å². The second kappa shape index (κ2) is 4.80. The van der Waals surface area contributed by atoms with E-state index in [0.717, 1.165) is 0 Å². The van der Waals surface area contributed by atoms with Crippen LogP contribution in [-0.4, -0.2) is 60.9 Å². The number of carboxylic acid groups (broad SMARTS) is 2. The molecule has 0 aromatic heterocycles. The van der Waals surface area contributed by atoms with Gasteiger partial charge in [-0.25, -0.2) is 0 Å². The molecular formula is C10H17NO5. The van der Waals surface area contributed by atoms with Crippen molar-refractivity contribution in [3.05, 3.63) is 0 Å². The van der Waals surface area contributed by atoms with E-state index in [-0.39, 0.29) is 12.8 Å². The molecule has 1 heterocycles. The van der Waals surface area contributed by atoms with Crippen molar-refractivity contribution in [2.24, 2.45) is 0 Å². The lowest BCUT2D eigenvalue weighted by Gasteiger charge is -2.41. The number of quaternary nitrogens is 1. The molecule has 6 nitrogen and oxygen atoms in total. The zero-order valence-electron chi connectivity index (χ0n) is 9.51. The maximum absolute atomic E-state index is 10.6. The van der Waals surface area contributed by atoms with E-state index in [0.29, 0.717) is 17.6 Å². The summed E-state index contributed by atoms with van der Waals surface area (Å²) in [6.07, 6.45) is -1.16. The van der Waals surface area contributed by atoms with Crippen LogP contribution < -0.4 is 5.11 Å². The molecule has 1 N–H and O–H groups in total. The summed E-state index contributed by atoms with van der Waals surface area (Å²) < 4.78 is 5.99. The zero-order valence-corrected chi connectivity index (χ0v) is 9.51. The fraction of sp³-hybridized carbons (Fsp3) is 0.800. The first-order valence-electron chi connectivity index (χ1n) is 5.17. The van der Waals surface area contributed by atoms with E-state index in [1.165, 1.54) is 0 Å². The number of carboxylic acids is 2. The van der Waals surface area contributed by atoms with Crippen molar-refractivity contribution in [3.8, 4) is 0 Å². The number of nitrogens with zero attached hydrogens (tertiary/aromatic N) is 1. The lowest BCUT2D eigenvalue weighted by atomic mass is 10.1. The van der Waals surface area contributed by atoms with Gasteiger partial charge in [0.2, 0.25) is 0 Å². The number of rotatable bonds is 4. The average molecular weight is 231 g/mol. The van der Waals surface area contributed by atoms with Crippen molar-refractivity contribution in [2.45, 2.75) is 25.0 Å². The maximum Gasteiger partial charge on any atom is 0.306 e. The molecule has 1 fully saturated rings. The minimum atomic E-state index is -1.17. The highest BCUT2D eigenvalue weighted by atomic mass is 16.5. The minimum Gasteiger partial charge on any atom is -0.550 e. The van der Waals surface area contributed by atoms with Crippen molar-refractivity contribution in [3.63, 3.8) is 0 Å². The van der Waals surface area contributed by atoms with E-state index in [1.54, 1.807) is 0 Å². The van der Waals surface area contributed by atoms with Crippen LogP contribution in [0.1, 0.15) is 12.8 Å². The molecule has 92 valence electrons. The summed E-state index contributed by atoms with van der Waals surface area (Å²) in [4.78, 5) is 21.1.